The van der Waals surface area contributed by atoms with Crippen LogP contribution in [-0.2, 0) is 19.1 Å². The zero-order chi connectivity index (χ0) is 31.6. The number of carbonyl (C=O) groups excluding carboxylic acids is 4. The lowest BCUT2D eigenvalue weighted by Crippen LogP contribution is -2.30. The van der Waals surface area contributed by atoms with Crippen molar-refractivity contribution in [3.63, 3.8) is 0 Å². The summed E-state index contributed by atoms with van der Waals surface area (Å²) in [7, 11) is 0. The number of hydrogen-bond acceptors (Lipinski definition) is 8. The molecular weight excluding hydrogens is 560 g/mol. The van der Waals surface area contributed by atoms with Crippen LogP contribution in [0.4, 0.5) is 0 Å². The molecule has 0 aliphatic heterocycles. The summed E-state index contributed by atoms with van der Waals surface area (Å²) in [6.45, 7) is 5.12. The van der Waals surface area contributed by atoms with Crippen LogP contribution in [0.15, 0.2) is 48.5 Å². The van der Waals surface area contributed by atoms with Crippen LogP contribution in [0.5, 0.6) is 11.5 Å². The number of rotatable bonds is 18. The molecule has 0 atom stereocenters. The van der Waals surface area contributed by atoms with E-state index in [1.807, 2.05) is 0 Å². The first-order chi connectivity index (χ1) is 21.4. The Kier molecular flexibility index (Phi) is 15.5. The summed E-state index contributed by atoms with van der Waals surface area (Å²) in [6, 6.07) is 12.8. The molecule has 0 N–H and O–H groups in total. The maximum Gasteiger partial charge on any atom is 0.338 e. The zero-order valence-corrected chi connectivity index (χ0v) is 26.4. The van der Waals surface area contributed by atoms with Crippen molar-refractivity contribution in [3.8, 4) is 11.5 Å². The number of ether oxygens (including phenoxy) is 4. The third-order valence-electron chi connectivity index (χ3n) is 7.97. The van der Waals surface area contributed by atoms with Crippen LogP contribution < -0.4 is 9.47 Å². The average Bonchev–Trinajstić information content (AvgIpc) is 3.04. The molecule has 2 aromatic rings. The average molecular weight is 609 g/mol. The van der Waals surface area contributed by atoms with Crippen molar-refractivity contribution in [2.45, 2.75) is 104 Å². The topological polar surface area (TPSA) is 105 Å². The highest BCUT2D eigenvalue weighted by Crippen LogP contribution is 2.31. The second-order valence-corrected chi connectivity index (χ2v) is 11.5. The fourth-order valence-corrected chi connectivity index (χ4v) is 5.19. The summed E-state index contributed by atoms with van der Waals surface area (Å²) < 4.78 is 21.8. The number of unbranched alkanes of at least 4 members (excludes halogenated alkanes) is 8. The normalized spacial score (nSPS) is 16.1. The van der Waals surface area contributed by atoms with Crippen molar-refractivity contribution in [3.05, 3.63) is 59.7 Å². The largest absolute Gasteiger partial charge is 0.462 e. The molecule has 0 bridgehead atoms. The fraction of sp³-hybridized carbons (Fsp3) is 0.556. The summed E-state index contributed by atoms with van der Waals surface area (Å²) in [4.78, 5) is 50.0. The van der Waals surface area contributed by atoms with Crippen molar-refractivity contribution in [1.82, 2.24) is 0 Å². The molecule has 0 radical (unpaired) electrons. The highest BCUT2D eigenvalue weighted by Gasteiger charge is 2.32. The van der Waals surface area contributed by atoms with Crippen LogP contribution in [0.2, 0.25) is 0 Å². The third-order valence-corrected chi connectivity index (χ3v) is 7.97. The van der Waals surface area contributed by atoms with Gasteiger partial charge in [-0.15, -0.1) is 0 Å². The summed E-state index contributed by atoms with van der Waals surface area (Å²) >= 11 is 0. The lowest BCUT2D eigenvalue weighted by molar-refractivity contribution is -0.145. The highest BCUT2D eigenvalue weighted by atomic mass is 16.5. The Morgan fingerprint density at radius 3 is 1.20 bits per heavy atom. The Balaban J connectivity index is 1.35. The van der Waals surface area contributed by atoms with E-state index in [0.717, 1.165) is 38.5 Å². The van der Waals surface area contributed by atoms with Crippen LogP contribution in [-0.4, -0.2) is 37.1 Å². The fourth-order valence-electron chi connectivity index (χ4n) is 5.19. The van der Waals surface area contributed by atoms with Crippen molar-refractivity contribution in [2.75, 3.05) is 13.2 Å². The maximum atomic E-state index is 12.7. The van der Waals surface area contributed by atoms with Gasteiger partial charge in [0.1, 0.15) is 11.5 Å². The first-order valence-electron chi connectivity index (χ1n) is 16.4. The Morgan fingerprint density at radius 2 is 0.864 bits per heavy atom. The molecule has 1 saturated carbocycles. The molecule has 2 aromatic carbocycles. The van der Waals surface area contributed by atoms with E-state index in [9.17, 15) is 19.2 Å². The second kappa shape index (κ2) is 19.6. The SMILES string of the molecule is CCCCCCCOC(=O)c1ccc(OC(=O)C2CCC(C(=O)Oc3ccc(C(=O)OCCCCCCC)cc3)CC2)cc1. The van der Waals surface area contributed by atoms with Crippen LogP contribution in [0.1, 0.15) is 124 Å². The summed E-state index contributed by atoms with van der Waals surface area (Å²) in [5.41, 5.74) is 0.834. The second-order valence-electron chi connectivity index (χ2n) is 11.5. The summed E-state index contributed by atoms with van der Waals surface area (Å²) in [5, 5.41) is 0. The number of hydrogen-bond donors (Lipinski definition) is 0. The molecule has 8 heteroatoms. The van der Waals surface area contributed by atoms with Crippen molar-refractivity contribution in [2.24, 2.45) is 11.8 Å². The van der Waals surface area contributed by atoms with Crippen LogP contribution in [0.3, 0.4) is 0 Å². The Labute approximate surface area is 261 Å². The quantitative estimate of drug-likeness (QED) is 0.0946. The molecule has 3 rings (SSSR count). The Morgan fingerprint density at radius 1 is 0.523 bits per heavy atom. The van der Waals surface area contributed by atoms with Gasteiger partial charge in [0.25, 0.3) is 0 Å². The van der Waals surface area contributed by atoms with Crippen LogP contribution >= 0.6 is 0 Å². The minimum atomic E-state index is -0.384. The Bertz CT molecular complexity index is 1070. The molecule has 0 saturated heterocycles. The van der Waals surface area contributed by atoms with Crippen molar-refractivity contribution >= 4 is 23.9 Å². The van der Waals surface area contributed by atoms with E-state index in [4.69, 9.17) is 18.9 Å². The molecule has 1 fully saturated rings. The highest BCUT2D eigenvalue weighted by molar-refractivity contribution is 5.90. The van der Waals surface area contributed by atoms with Gasteiger partial charge >= 0.3 is 23.9 Å². The van der Waals surface area contributed by atoms with Gasteiger partial charge < -0.3 is 18.9 Å². The molecular formula is C36H48O8. The first kappa shape index (κ1) is 34.8. The smallest absolute Gasteiger partial charge is 0.338 e. The molecule has 1 aliphatic rings. The van der Waals surface area contributed by atoms with E-state index in [-0.39, 0.29) is 35.7 Å². The van der Waals surface area contributed by atoms with Gasteiger partial charge in [0.05, 0.1) is 36.2 Å². The van der Waals surface area contributed by atoms with Gasteiger partial charge in [-0.05, 0) is 87.1 Å². The lowest BCUT2D eigenvalue weighted by Gasteiger charge is -2.25. The van der Waals surface area contributed by atoms with E-state index >= 15 is 0 Å². The molecule has 8 nitrogen and oxygen atoms in total. The van der Waals surface area contributed by atoms with Gasteiger partial charge in [-0.25, -0.2) is 9.59 Å². The summed E-state index contributed by atoms with van der Waals surface area (Å²) in [5.74, 6) is -1.35. The lowest BCUT2D eigenvalue weighted by atomic mass is 9.82. The molecule has 0 amide bonds. The number of esters is 4. The van der Waals surface area contributed by atoms with Crippen molar-refractivity contribution < 1.29 is 38.1 Å². The van der Waals surface area contributed by atoms with E-state index in [0.29, 0.717) is 61.5 Å². The number of benzene rings is 2. The molecule has 0 heterocycles. The van der Waals surface area contributed by atoms with E-state index in [2.05, 4.69) is 13.8 Å². The van der Waals surface area contributed by atoms with Gasteiger partial charge in [0.15, 0.2) is 0 Å². The first-order valence-corrected chi connectivity index (χ1v) is 16.4. The minimum absolute atomic E-state index is 0.312. The van der Waals surface area contributed by atoms with Crippen LogP contribution in [0, 0.1) is 11.8 Å². The zero-order valence-electron chi connectivity index (χ0n) is 26.4. The molecule has 240 valence electrons. The van der Waals surface area contributed by atoms with E-state index in [1.165, 1.54) is 25.7 Å². The van der Waals surface area contributed by atoms with Crippen LogP contribution in [0.25, 0.3) is 0 Å². The van der Waals surface area contributed by atoms with Gasteiger partial charge in [-0.2, -0.15) is 0 Å². The molecule has 0 unspecified atom stereocenters. The van der Waals surface area contributed by atoms with Gasteiger partial charge in [0.2, 0.25) is 0 Å². The van der Waals surface area contributed by atoms with Gasteiger partial charge in [0, 0.05) is 0 Å². The minimum Gasteiger partial charge on any atom is -0.462 e. The predicted molar refractivity (Wildman–Crippen MR) is 168 cm³/mol. The monoisotopic (exact) mass is 608 g/mol. The standard InChI is InChI=1S/C36H48O8/c1-3-5-7-9-11-25-41-33(37)27-17-21-31(22-18-27)43-35(39)29-13-15-30(16-14-29)36(40)44-32-23-19-28(20-24-32)34(38)42-26-12-10-8-6-4-2/h17-24,29-30H,3-16,25-26H2,1-2H3. The van der Waals surface area contributed by atoms with Gasteiger partial charge in [-0.1, -0.05) is 65.2 Å². The van der Waals surface area contributed by atoms with E-state index in [1.54, 1.807) is 48.5 Å². The predicted octanol–water partition coefficient (Wildman–Crippen LogP) is 8.26. The molecule has 44 heavy (non-hydrogen) atoms. The third kappa shape index (κ3) is 12.1. The summed E-state index contributed by atoms with van der Waals surface area (Å²) in [6.07, 6.45) is 12.9. The maximum absolute atomic E-state index is 12.7. The molecule has 0 aromatic heterocycles. The molecule has 0 spiro atoms. The molecule has 1 aliphatic carbocycles. The number of carbonyl (C=O) groups is 4. The Hall–Kier alpha value is -3.68. The van der Waals surface area contributed by atoms with E-state index < -0.39 is 0 Å². The van der Waals surface area contributed by atoms with Gasteiger partial charge in [-0.3, -0.25) is 9.59 Å². The van der Waals surface area contributed by atoms with Crippen molar-refractivity contribution in [1.29, 1.82) is 0 Å².